The lowest BCUT2D eigenvalue weighted by Crippen LogP contribution is -2.39. The summed E-state index contributed by atoms with van der Waals surface area (Å²) in [6.07, 6.45) is 7.56. The van der Waals surface area contributed by atoms with Gasteiger partial charge in [0.05, 0.1) is 23.8 Å². The summed E-state index contributed by atoms with van der Waals surface area (Å²) in [5.74, 6) is 2.95. The van der Waals surface area contributed by atoms with Gasteiger partial charge in [-0.05, 0) is 80.0 Å². The number of imidazole rings is 1. The number of aliphatic hydroxyl groups is 1. The maximum absolute atomic E-state index is 13.7. The summed E-state index contributed by atoms with van der Waals surface area (Å²) in [6, 6.07) is 12.7. The Kier molecular flexibility index (Phi) is 8.06. The standard InChI is InChI=1S/C36H45N5O4/c1-4-23-7-6-14-40(20-23)36(44)27-17-29-34(31(19-27)45-3)38(2)35(37-29)30-18-26-8-5-9-28(33(26)41(30)21-24-10-11-24)25-12-15-39(16-13-25)32(43)22-42/h5,8-9,17-19,23-25,42H,4,6-7,10-16,20-22H2,1-3H3/t23-/m1/s1. The molecule has 2 amide bonds. The largest absolute Gasteiger partial charge is 0.494 e. The van der Waals surface area contributed by atoms with Crippen LogP contribution in [0.5, 0.6) is 5.75 Å². The topological polar surface area (TPSA) is 92.8 Å². The van der Waals surface area contributed by atoms with E-state index in [1.54, 1.807) is 12.0 Å². The molecule has 1 atom stereocenters. The highest BCUT2D eigenvalue weighted by atomic mass is 16.5. The van der Waals surface area contributed by atoms with Gasteiger partial charge in [0.15, 0.2) is 5.82 Å². The van der Waals surface area contributed by atoms with Crippen LogP contribution in [0.25, 0.3) is 33.5 Å². The number of piperidine rings is 2. The molecular formula is C36H45N5O4. The van der Waals surface area contributed by atoms with E-state index < -0.39 is 6.61 Å². The molecule has 4 aromatic rings. The summed E-state index contributed by atoms with van der Waals surface area (Å²) in [5.41, 5.74) is 5.95. The second-order valence-electron chi connectivity index (χ2n) is 13.4. The molecule has 45 heavy (non-hydrogen) atoms. The highest BCUT2D eigenvalue weighted by molar-refractivity contribution is 6.00. The van der Waals surface area contributed by atoms with Gasteiger partial charge in [-0.15, -0.1) is 0 Å². The molecule has 0 radical (unpaired) electrons. The van der Waals surface area contributed by atoms with E-state index in [4.69, 9.17) is 9.72 Å². The summed E-state index contributed by atoms with van der Waals surface area (Å²) in [7, 11) is 3.71. The summed E-state index contributed by atoms with van der Waals surface area (Å²) in [4.78, 5) is 34.8. The first-order valence-corrected chi connectivity index (χ1v) is 16.7. The monoisotopic (exact) mass is 611 g/mol. The number of para-hydroxylation sites is 1. The maximum Gasteiger partial charge on any atom is 0.254 e. The van der Waals surface area contributed by atoms with Crippen LogP contribution >= 0.6 is 0 Å². The van der Waals surface area contributed by atoms with Crippen LogP contribution < -0.4 is 4.74 Å². The minimum Gasteiger partial charge on any atom is -0.494 e. The first-order chi connectivity index (χ1) is 21.9. The van der Waals surface area contributed by atoms with Crippen LogP contribution in [-0.2, 0) is 18.4 Å². The van der Waals surface area contributed by atoms with Crippen molar-refractivity contribution in [2.24, 2.45) is 18.9 Å². The number of benzene rings is 2. The molecule has 1 aliphatic carbocycles. The molecule has 1 saturated carbocycles. The molecule has 0 bridgehead atoms. The third kappa shape index (κ3) is 5.49. The SMILES string of the molecule is CC[C@@H]1CCCN(C(=O)c2cc(OC)c3c(c2)nc(-c2cc4cccc(C5CCN(C(=O)CO)CC5)c4n2CC2CC2)n3C)C1. The Balaban J connectivity index is 1.29. The fourth-order valence-electron chi connectivity index (χ4n) is 7.74. The summed E-state index contributed by atoms with van der Waals surface area (Å²) in [5, 5.41) is 10.5. The van der Waals surface area contributed by atoms with Crippen LogP contribution in [0.4, 0.5) is 0 Å². The van der Waals surface area contributed by atoms with Gasteiger partial charge in [0.2, 0.25) is 5.91 Å². The van der Waals surface area contributed by atoms with Crippen molar-refractivity contribution < 1.29 is 19.4 Å². The van der Waals surface area contributed by atoms with Gasteiger partial charge in [-0.3, -0.25) is 9.59 Å². The van der Waals surface area contributed by atoms with E-state index in [1.807, 2.05) is 24.1 Å². The molecule has 3 aliphatic rings. The number of aryl methyl sites for hydroxylation is 1. The Labute approximate surface area is 264 Å². The van der Waals surface area contributed by atoms with Crippen LogP contribution in [-0.4, -0.2) is 80.7 Å². The summed E-state index contributed by atoms with van der Waals surface area (Å²) < 4.78 is 10.5. The molecule has 4 heterocycles. The number of ether oxygens (including phenoxy) is 1. The number of carbonyl (C=O) groups excluding carboxylic acids is 2. The zero-order valence-corrected chi connectivity index (χ0v) is 26.8. The van der Waals surface area contributed by atoms with Crippen molar-refractivity contribution in [3.8, 4) is 17.3 Å². The molecule has 7 rings (SSSR count). The number of rotatable bonds is 8. The van der Waals surface area contributed by atoms with Crippen LogP contribution in [0.1, 0.15) is 73.7 Å². The number of amides is 2. The lowest BCUT2D eigenvalue weighted by atomic mass is 9.88. The van der Waals surface area contributed by atoms with Crippen molar-refractivity contribution in [3.05, 3.63) is 47.5 Å². The third-order valence-electron chi connectivity index (χ3n) is 10.5. The predicted molar refractivity (Wildman–Crippen MR) is 175 cm³/mol. The molecule has 2 aromatic carbocycles. The number of nitrogens with zero attached hydrogens (tertiary/aromatic N) is 5. The fourth-order valence-corrected chi connectivity index (χ4v) is 7.74. The van der Waals surface area contributed by atoms with E-state index in [9.17, 15) is 14.7 Å². The van der Waals surface area contributed by atoms with E-state index in [0.29, 0.717) is 42.2 Å². The van der Waals surface area contributed by atoms with E-state index in [0.717, 1.165) is 67.9 Å². The van der Waals surface area contributed by atoms with Crippen molar-refractivity contribution in [1.82, 2.24) is 23.9 Å². The number of carbonyl (C=O) groups is 2. The average Bonchev–Trinajstić information content (AvgIpc) is 3.75. The Morgan fingerprint density at radius 1 is 0.978 bits per heavy atom. The number of methoxy groups -OCH3 is 1. The zero-order valence-electron chi connectivity index (χ0n) is 26.8. The predicted octanol–water partition coefficient (Wildman–Crippen LogP) is 5.57. The van der Waals surface area contributed by atoms with Gasteiger partial charge in [-0.2, -0.15) is 0 Å². The number of fused-ring (bicyclic) bond motifs is 2. The highest BCUT2D eigenvalue weighted by Gasteiger charge is 2.31. The van der Waals surface area contributed by atoms with Crippen molar-refractivity contribution in [2.45, 2.75) is 64.3 Å². The van der Waals surface area contributed by atoms with Crippen LogP contribution in [0.2, 0.25) is 0 Å². The molecule has 3 fully saturated rings. The average molecular weight is 612 g/mol. The Morgan fingerprint density at radius 2 is 1.78 bits per heavy atom. The minimum atomic E-state index is -0.427. The van der Waals surface area contributed by atoms with E-state index in [-0.39, 0.29) is 11.8 Å². The van der Waals surface area contributed by atoms with Crippen LogP contribution in [0.3, 0.4) is 0 Å². The van der Waals surface area contributed by atoms with Crippen LogP contribution in [0.15, 0.2) is 36.4 Å². The molecule has 1 N–H and O–H groups in total. The molecule has 2 saturated heterocycles. The number of aliphatic hydroxyl groups excluding tert-OH is 1. The van der Waals surface area contributed by atoms with Gasteiger partial charge < -0.3 is 28.8 Å². The van der Waals surface area contributed by atoms with E-state index in [2.05, 4.69) is 40.3 Å². The quantitative estimate of drug-likeness (QED) is 0.281. The Morgan fingerprint density at radius 3 is 2.49 bits per heavy atom. The van der Waals surface area contributed by atoms with Gasteiger partial charge in [0.25, 0.3) is 5.91 Å². The van der Waals surface area contributed by atoms with E-state index in [1.165, 1.54) is 35.7 Å². The maximum atomic E-state index is 13.7. The molecule has 238 valence electrons. The van der Waals surface area contributed by atoms with Gasteiger partial charge in [0, 0.05) is 50.7 Å². The number of aromatic nitrogens is 3. The van der Waals surface area contributed by atoms with Gasteiger partial charge in [-0.25, -0.2) is 4.98 Å². The number of hydrogen-bond donors (Lipinski definition) is 1. The van der Waals surface area contributed by atoms with Gasteiger partial charge in [0.1, 0.15) is 17.9 Å². The third-order valence-corrected chi connectivity index (χ3v) is 10.5. The Bertz CT molecular complexity index is 1740. The van der Waals surface area contributed by atoms with Crippen molar-refractivity contribution in [3.63, 3.8) is 0 Å². The molecule has 9 heteroatoms. The minimum absolute atomic E-state index is 0.0554. The molecule has 9 nitrogen and oxygen atoms in total. The second kappa shape index (κ2) is 12.2. The van der Waals surface area contributed by atoms with E-state index >= 15 is 0 Å². The molecule has 0 spiro atoms. The number of hydrogen-bond acceptors (Lipinski definition) is 5. The molecule has 0 unspecified atom stereocenters. The van der Waals surface area contributed by atoms with Crippen molar-refractivity contribution in [2.75, 3.05) is 39.9 Å². The van der Waals surface area contributed by atoms with Gasteiger partial charge >= 0.3 is 0 Å². The lowest BCUT2D eigenvalue weighted by Gasteiger charge is -2.32. The number of likely N-dealkylation sites (tertiary alicyclic amines) is 2. The van der Waals surface area contributed by atoms with Crippen molar-refractivity contribution >= 4 is 33.8 Å². The first-order valence-electron chi connectivity index (χ1n) is 16.7. The summed E-state index contributed by atoms with van der Waals surface area (Å²) >= 11 is 0. The lowest BCUT2D eigenvalue weighted by molar-refractivity contribution is -0.135. The molecule has 2 aliphatic heterocycles. The molecule has 2 aromatic heterocycles. The van der Waals surface area contributed by atoms with Crippen LogP contribution in [0, 0.1) is 11.8 Å². The second-order valence-corrected chi connectivity index (χ2v) is 13.4. The summed E-state index contributed by atoms with van der Waals surface area (Å²) in [6.45, 7) is 5.66. The normalized spacial score (nSPS) is 19.5. The highest BCUT2D eigenvalue weighted by Crippen LogP contribution is 2.41. The van der Waals surface area contributed by atoms with Gasteiger partial charge in [-0.1, -0.05) is 31.5 Å². The Hall–Kier alpha value is -3.85. The fraction of sp³-hybridized carbons (Fsp3) is 0.528. The zero-order chi connectivity index (χ0) is 31.2. The molecular weight excluding hydrogens is 566 g/mol. The smallest absolute Gasteiger partial charge is 0.254 e. The first kappa shape index (κ1) is 29.8. The van der Waals surface area contributed by atoms with Crippen molar-refractivity contribution in [1.29, 1.82) is 0 Å².